The van der Waals surface area contributed by atoms with E-state index in [1.165, 1.54) is 0 Å². The average Bonchev–Trinajstić information content (AvgIpc) is 2.43. The van der Waals surface area contributed by atoms with Crippen molar-refractivity contribution in [1.29, 1.82) is 0 Å². The van der Waals surface area contributed by atoms with Crippen molar-refractivity contribution < 1.29 is 9.84 Å². The number of hydrogen-bond acceptors (Lipinski definition) is 3. The SMILES string of the molecule is CCC(C)Oc1cccc(NCCCCCCO)c1. The van der Waals surface area contributed by atoms with Gasteiger partial charge in [-0.25, -0.2) is 0 Å². The van der Waals surface area contributed by atoms with Crippen molar-refractivity contribution in [2.75, 3.05) is 18.5 Å². The minimum Gasteiger partial charge on any atom is -0.491 e. The Morgan fingerprint density at radius 1 is 1.21 bits per heavy atom. The van der Waals surface area contributed by atoms with Gasteiger partial charge in [-0.2, -0.15) is 0 Å². The maximum absolute atomic E-state index is 8.69. The Morgan fingerprint density at radius 2 is 2.00 bits per heavy atom. The lowest BCUT2D eigenvalue weighted by molar-refractivity contribution is 0.217. The third kappa shape index (κ3) is 7.06. The van der Waals surface area contributed by atoms with E-state index >= 15 is 0 Å². The summed E-state index contributed by atoms with van der Waals surface area (Å²) in [5.41, 5.74) is 1.11. The standard InChI is InChI=1S/C16H27NO2/c1-3-14(2)19-16-10-8-9-15(13-16)17-11-6-4-5-7-12-18/h8-10,13-14,17-18H,3-7,11-12H2,1-2H3. The Balaban J connectivity index is 2.28. The number of benzene rings is 1. The van der Waals surface area contributed by atoms with Gasteiger partial charge in [0.05, 0.1) is 6.10 Å². The monoisotopic (exact) mass is 265 g/mol. The van der Waals surface area contributed by atoms with Crippen molar-refractivity contribution in [2.24, 2.45) is 0 Å². The van der Waals surface area contributed by atoms with Crippen molar-refractivity contribution in [3.63, 3.8) is 0 Å². The lowest BCUT2D eigenvalue weighted by Gasteiger charge is -2.14. The molecule has 108 valence electrons. The molecule has 3 nitrogen and oxygen atoms in total. The van der Waals surface area contributed by atoms with Crippen LogP contribution >= 0.6 is 0 Å². The fourth-order valence-electron chi connectivity index (χ4n) is 1.82. The summed E-state index contributed by atoms with van der Waals surface area (Å²) in [7, 11) is 0. The van der Waals surface area contributed by atoms with E-state index in [4.69, 9.17) is 9.84 Å². The molecule has 0 aromatic heterocycles. The van der Waals surface area contributed by atoms with Gasteiger partial charge in [-0.1, -0.05) is 25.8 Å². The number of aliphatic hydroxyl groups is 1. The summed E-state index contributed by atoms with van der Waals surface area (Å²) in [5.74, 6) is 0.930. The lowest BCUT2D eigenvalue weighted by atomic mass is 10.2. The number of unbranched alkanes of at least 4 members (excludes halogenated alkanes) is 3. The van der Waals surface area contributed by atoms with Crippen LogP contribution in [0, 0.1) is 0 Å². The molecule has 0 radical (unpaired) electrons. The molecule has 0 spiro atoms. The second-order valence-corrected chi connectivity index (χ2v) is 4.93. The van der Waals surface area contributed by atoms with Gasteiger partial charge in [0.15, 0.2) is 0 Å². The average molecular weight is 265 g/mol. The van der Waals surface area contributed by atoms with Crippen LogP contribution in [0.15, 0.2) is 24.3 Å². The third-order valence-electron chi connectivity index (χ3n) is 3.16. The number of anilines is 1. The summed E-state index contributed by atoms with van der Waals surface area (Å²) in [6.45, 7) is 5.49. The number of hydrogen-bond donors (Lipinski definition) is 2. The van der Waals surface area contributed by atoms with E-state index in [0.29, 0.717) is 6.61 Å². The maximum atomic E-state index is 8.69. The zero-order chi connectivity index (χ0) is 13.9. The second-order valence-electron chi connectivity index (χ2n) is 4.93. The Bertz CT molecular complexity index is 341. The van der Waals surface area contributed by atoms with Gasteiger partial charge in [0.25, 0.3) is 0 Å². The van der Waals surface area contributed by atoms with Crippen LogP contribution in [0.5, 0.6) is 5.75 Å². The first-order valence-electron chi connectivity index (χ1n) is 7.37. The quantitative estimate of drug-likeness (QED) is 0.632. The first-order chi connectivity index (χ1) is 9.26. The molecule has 0 saturated heterocycles. The number of ether oxygens (including phenoxy) is 1. The van der Waals surface area contributed by atoms with Gasteiger partial charge in [0.2, 0.25) is 0 Å². The van der Waals surface area contributed by atoms with Crippen LogP contribution in [-0.2, 0) is 0 Å². The van der Waals surface area contributed by atoms with Crippen LogP contribution in [0.25, 0.3) is 0 Å². The van der Waals surface area contributed by atoms with Crippen LogP contribution in [-0.4, -0.2) is 24.4 Å². The Hall–Kier alpha value is -1.22. The van der Waals surface area contributed by atoms with Gasteiger partial charge < -0.3 is 15.2 Å². The van der Waals surface area contributed by atoms with Crippen molar-refractivity contribution in [2.45, 2.75) is 52.1 Å². The molecule has 0 fully saturated rings. The van der Waals surface area contributed by atoms with Gasteiger partial charge in [0, 0.05) is 24.9 Å². The highest BCUT2D eigenvalue weighted by Gasteiger charge is 2.01. The fraction of sp³-hybridized carbons (Fsp3) is 0.625. The molecule has 1 atom stereocenters. The molecule has 0 bridgehead atoms. The second kappa shape index (κ2) is 9.68. The highest BCUT2D eigenvalue weighted by Crippen LogP contribution is 2.19. The van der Waals surface area contributed by atoms with E-state index < -0.39 is 0 Å². The summed E-state index contributed by atoms with van der Waals surface area (Å²) in [4.78, 5) is 0. The minimum atomic E-state index is 0.258. The highest BCUT2D eigenvalue weighted by atomic mass is 16.5. The molecule has 19 heavy (non-hydrogen) atoms. The first-order valence-corrected chi connectivity index (χ1v) is 7.37. The van der Waals surface area contributed by atoms with Crippen LogP contribution in [0.2, 0.25) is 0 Å². The molecule has 0 amide bonds. The summed E-state index contributed by atoms with van der Waals surface area (Å²) in [6, 6.07) is 8.14. The summed E-state index contributed by atoms with van der Waals surface area (Å²) < 4.78 is 5.80. The molecule has 0 aliphatic rings. The Morgan fingerprint density at radius 3 is 2.74 bits per heavy atom. The summed E-state index contributed by atoms with van der Waals surface area (Å²) >= 11 is 0. The molecular weight excluding hydrogens is 238 g/mol. The first kappa shape index (κ1) is 15.8. The molecule has 0 aliphatic carbocycles. The minimum absolute atomic E-state index is 0.258. The van der Waals surface area contributed by atoms with Gasteiger partial charge in [-0.05, 0) is 38.3 Å². The predicted molar refractivity (Wildman–Crippen MR) is 80.9 cm³/mol. The smallest absolute Gasteiger partial charge is 0.121 e. The molecule has 1 aromatic carbocycles. The number of rotatable bonds is 10. The number of aliphatic hydroxyl groups excluding tert-OH is 1. The van der Waals surface area contributed by atoms with Crippen LogP contribution in [0.1, 0.15) is 46.0 Å². The van der Waals surface area contributed by atoms with E-state index in [2.05, 4.69) is 31.3 Å². The topological polar surface area (TPSA) is 41.5 Å². The largest absolute Gasteiger partial charge is 0.491 e. The normalized spacial score (nSPS) is 12.2. The van der Waals surface area contributed by atoms with E-state index in [0.717, 1.165) is 50.1 Å². The van der Waals surface area contributed by atoms with Gasteiger partial charge in [-0.15, -0.1) is 0 Å². The van der Waals surface area contributed by atoms with Crippen LogP contribution in [0.3, 0.4) is 0 Å². The predicted octanol–water partition coefficient (Wildman–Crippen LogP) is 3.83. The molecule has 2 N–H and O–H groups in total. The lowest BCUT2D eigenvalue weighted by Crippen LogP contribution is -2.10. The molecule has 1 unspecified atom stereocenters. The van der Waals surface area contributed by atoms with Gasteiger partial charge in [-0.3, -0.25) is 0 Å². The van der Waals surface area contributed by atoms with Crippen molar-refractivity contribution >= 4 is 5.69 Å². The molecule has 0 saturated carbocycles. The van der Waals surface area contributed by atoms with E-state index in [9.17, 15) is 0 Å². The van der Waals surface area contributed by atoms with Gasteiger partial charge in [0.1, 0.15) is 5.75 Å². The molecule has 0 heterocycles. The molecule has 1 rings (SSSR count). The van der Waals surface area contributed by atoms with Gasteiger partial charge >= 0.3 is 0 Å². The summed E-state index contributed by atoms with van der Waals surface area (Å²) in [5, 5.41) is 12.1. The van der Waals surface area contributed by atoms with E-state index in [-0.39, 0.29) is 6.10 Å². The Labute approximate surface area is 117 Å². The Kier molecular flexibility index (Phi) is 8.07. The van der Waals surface area contributed by atoms with Crippen LogP contribution in [0.4, 0.5) is 5.69 Å². The zero-order valence-corrected chi connectivity index (χ0v) is 12.2. The van der Waals surface area contributed by atoms with E-state index in [1.54, 1.807) is 0 Å². The summed E-state index contributed by atoms with van der Waals surface area (Å²) in [6.07, 6.45) is 5.59. The van der Waals surface area contributed by atoms with Crippen LogP contribution < -0.4 is 10.1 Å². The molecular formula is C16H27NO2. The molecule has 1 aromatic rings. The molecule has 3 heteroatoms. The highest BCUT2D eigenvalue weighted by molar-refractivity contribution is 5.48. The van der Waals surface area contributed by atoms with Crippen molar-refractivity contribution in [1.82, 2.24) is 0 Å². The third-order valence-corrected chi connectivity index (χ3v) is 3.16. The van der Waals surface area contributed by atoms with Crippen molar-refractivity contribution in [3.05, 3.63) is 24.3 Å². The van der Waals surface area contributed by atoms with Crippen molar-refractivity contribution in [3.8, 4) is 5.75 Å². The number of nitrogens with one attached hydrogen (secondary N) is 1. The molecule has 0 aliphatic heterocycles. The fourth-order valence-corrected chi connectivity index (χ4v) is 1.82. The zero-order valence-electron chi connectivity index (χ0n) is 12.2. The maximum Gasteiger partial charge on any atom is 0.121 e. The van der Waals surface area contributed by atoms with E-state index in [1.807, 2.05) is 12.1 Å².